The van der Waals surface area contributed by atoms with E-state index in [-0.39, 0.29) is 6.54 Å². The quantitative estimate of drug-likeness (QED) is 0.678. The number of likely N-dealkylation sites (N-methyl/N-ethyl adjacent to an activating group) is 1. The van der Waals surface area contributed by atoms with E-state index in [2.05, 4.69) is 0 Å². The fourth-order valence-corrected chi connectivity index (χ4v) is 1.06. The fourth-order valence-electron chi connectivity index (χ4n) is 1.06. The van der Waals surface area contributed by atoms with Gasteiger partial charge in [-0.1, -0.05) is 0 Å². The van der Waals surface area contributed by atoms with Gasteiger partial charge in [-0.15, -0.1) is 0 Å². The molecule has 5 heteroatoms. The first kappa shape index (κ1) is 10.3. The van der Waals surface area contributed by atoms with Gasteiger partial charge in [0.2, 0.25) is 0 Å². The van der Waals surface area contributed by atoms with Gasteiger partial charge in [-0.05, 0) is 19.1 Å². The summed E-state index contributed by atoms with van der Waals surface area (Å²) in [6.07, 6.45) is 0. The molecule has 1 aromatic heterocycles. The number of amides is 2. The number of hydrogen-bond acceptors (Lipinski definition) is 3. The van der Waals surface area contributed by atoms with Crippen LogP contribution in [0.5, 0.6) is 0 Å². The van der Waals surface area contributed by atoms with E-state index in [0.29, 0.717) is 5.76 Å². The molecule has 0 aromatic carbocycles. The molecule has 0 bridgehead atoms. The molecule has 76 valence electrons. The molecular weight excluding hydrogens is 184 g/mol. The maximum atomic E-state index is 11.1. The van der Waals surface area contributed by atoms with Crippen LogP contribution < -0.4 is 5.73 Å². The molecule has 0 unspecified atom stereocenters. The molecule has 0 spiro atoms. The number of furan rings is 1. The molecule has 0 fully saturated rings. The summed E-state index contributed by atoms with van der Waals surface area (Å²) in [5.41, 5.74) is 4.83. The van der Waals surface area contributed by atoms with Crippen LogP contribution in [0.25, 0.3) is 0 Å². The topological polar surface area (TPSA) is 76.5 Å². The average molecular weight is 196 g/mol. The largest absolute Gasteiger partial charge is 0.464 e. The van der Waals surface area contributed by atoms with E-state index < -0.39 is 11.8 Å². The highest BCUT2D eigenvalue weighted by Gasteiger charge is 2.15. The molecule has 0 aliphatic carbocycles. The van der Waals surface area contributed by atoms with Crippen LogP contribution in [0.15, 0.2) is 16.5 Å². The summed E-state index contributed by atoms with van der Waals surface area (Å²) in [7, 11) is 1.49. The van der Waals surface area contributed by atoms with E-state index in [1.54, 1.807) is 19.1 Å². The molecule has 14 heavy (non-hydrogen) atoms. The minimum absolute atomic E-state index is 0.246. The number of primary amides is 1. The summed E-state index contributed by atoms with van der Waals surface area (Å²) in [6, 6.07) is 3.54. The number of hydrogen-bond donors (Lipinski definition) is 1. The molecule has 0 saturated carbocycles. The second kappa shape index (κ2) is 3.95. The first-order valence-corrected chi connectivity index (χ1v) is 4.11. The van der Waals surface area contributed by atoms with Crippen LogP contribution in [0, 0.1) is 6.92 Å². The molecule has 1 rings (SSSR count). The zero-order chi connectivity index (χ0) is 10.7. The van der Waals surface area contributed by atoms with Crippen LogP contribution in [-0.2, 0) is 16.1 Å². The summed E-state index contributed by atoms with van der Waals surface area (Å²) in [4.78, 5) is 22.8. The first-order valence-electron chi connectivity index (χ1n) is 4.11. The molecule has 5 nitrogen and oxygen atoms in total. The van der Waals surface area contributed by atoms with Crippen molar-refractivity contribution in [2.24, 2.45) is 5.73 Å². The molecule has 0 radical (unpaired) electrons. The minimum atomic E-state index is -0.962. The Hall–Kier alpha value is -1.78. The molecule has 0 atom stereocenters. The zero-order valence-corrected chi connectivity index (χ0v) is 8.11. The molecule has 1 aromatic rings. The molecular formula is C9H12N2O3. The maximum absolute atomic E-state index is 11.1. The third-order valence-corrected chi connectivity index (χ3v) is 1.75. The van der Waals surface area contributed by atoms with Crippen molar-refractivity contribution >= 4 is 11.8 Å². The molecule has 0 saturated heterocycles. The Bertz CT molecular complexity index is 357. The van der Waals surface area contributed by atoms with Crippen LogP contribution in [0.2, 0.25) is 0 Å². The van der Waals surface area contributed by atoms with Gasteiger partial charge in [0.1, 0.15) is 11.5 Å². The second-order valence-electron chi connectivity index (χ2n) is 3.04. The predicted molar refractivity (Wildman–Crippen MR) is 49.1 cm³/mol. The van der Waals surface area contributed by atoms with Gasteiger partial charge >= 0.3 is 11.8 Å². The lowest BCUT2D eigenvalue weighted by molar-refractivity contribution is -0.143. The Kier molecular flexibility index (Phi) is 2.91. The van der Waals surface area contributed by atoms with Gasteiger partial charge in [-0.2, -0.15) is 0 Å². The van der Waals surface area contributed by atoms with Crippen LogP contribution in [0.4, 0.5) is 0 Å². The number of carbonyl (C=O) groups excluding carboxylic acids is 2. The van der Waals surface area contributed by atoms with E-state index in [1.165, 1.54) is 11.9 Å². The summed E-state index contributed by atoms with van der Waals surface area (Å²) in [5.74, 6) is -0.297. The third kappa shape index (κ3) is 2.35. The van der Waals surface area contributed by atoms with Crippen LogP contribution in [0.1, 0.15) is 11.5 Å². The molecule has 0 aliphatic rings. The first-order chi connectivity index (χ1) is 6.50. The van der Waals surface area contributed by atoms with E-state index in [4.69, 9.17) is 10.2 Å². The van der Waals surface area contributed by atoms with E-state index >= 15 is 0 Å². The van der Waals surface area contributed by atoms with Crippen molar-refractivity contribution < 1.29 is 14.0 Å². The number of nitrogens with zero attached hydrogens (tertiary/aromatic N) is 1. The van der Waals surface area contributed by atoms with Gasteiger partial charge in [-0.25, -0.2) is 0 Å². The van der Waals surface area contributed by atoms with Crippen molar-refractivity contribution in [3.8, 4) is 0 Å². The highest BCUT2D eigenvalue weighted by Crippen LogP contribution is 2.08. The number of rotatable bonds is 2. The van der Waals surface area contributed by atoms with Gasteiger partial charge < -0.3 is 15.1 Å². The number of aryl methyl sites for hydroxylation is 1. The Balaban J connectivity index is 2.61. The minimum Gasteiger partial charge on any atom is -0.464 e. The van der Waals surface area contributed by atoms with Crippen LogP contribution >= 0.6 is 0 Å². The van der Waals surface area contributed by atoms with E-state index in [0.717, 1.165) is 5.76 Å². The molecule has 2 N–H and O–H groups in total. The van der Waals surface area contributed by atoms with E-state index in [1.807, 2.05) is 0 Å². The Morgan fingerprint density at radius 3 is 2.57 bits per heavy atom. The lowest BCUT2D eigenvalue weighted by atomic mass is 10.4. The molecule has 2 amide bonds. The summed E-state index contributed by atoms with van der Waals surface area (Å²) in [6.45, 7) is 2.05. The lowest BCUT2D eigenvalue weighted by Crippen LogP contribution is -2.37. The smallest absolute Gasteiger partial charge is 0.311 e. The lowest BCUT2D eigenvalue weighted by Gasteiger charge is -2.12. The second-order valence-corrected chi connectivity index (χ2v) is 3.04. The maximum Gasteiger partial charge on any atom is 0.311 e. The monoisotopic (exact) mass is 196 g/mol. The number of nitrogens with two attached hydrogens (primary N) is 1. The molecule has 0 aliphatic heterocycles. The van der Waals surface area contributed by atoms with E-state index in [9.17, 15) is 9.59 Å². The van der Waals surface area contributed by atoms with Crippen LogP contribution in [0.3, 0.4) is 0 Å². The SMILES string of the molecule is Cc1ccc(CN(C)C(=O)C(N)=O)o1. The highest BCUT2D eigenvalue weighted by atomic mass is 16.3. The normalized spacial score (nSPS) is 9.86. The van der Waals surface area contributed by atoms with Crippen molar-refractivity contribution in [1.82, 2.24) is 4.90 Å². The van der Waals surface area contributed by atoms with Crippen molar-refractivity contribution in [2.45, 2.75) is 13.5 Å². The Labute approximate surface area is 81.5 Å². The van der Waals surface area contributed by atoms with Gasteiger partial charge in [-0.3, -0.25) is 9.59 Å². The summed E-state index contributed by atoms with van der Waals surface area (Å²) < 4.78 is 5.24. The highest BCUT2D eigenvalue weighted by molar-refractivity contribution is 6.34. The van der Waals surface area contributed by atoms with Crippen molar-refractivity contribution in [1.29, 1.82) is 0 Å². The van der Waals surface area contributed by atoms with Crippen LogP contribution in [-0.4, -0.2) is 23.8 Å². The van der Waals surface area contributed by atoms with Crippen molar-refractivity contribution in [3.63, 3.8) is 0 Å². The standard InChI is InChI=1S/C9H12N2O3/c1-6-3-4-7(14-6)5-11(2)9(13)8(10)12/h3-4H,5H2,1-2H3,(H2,10,12). The molecule has 1 heterocycles. The Morgan fingerprint density at radius 1 is 1.50 bits per heavy atom. The van der Waals surface area contributed by atoms with Gasteiger partial charge in [0.25, 0.3) is 0 Å². The summed E-state index contributed by atoms with van der Waals surface area (Å²) in [5, 5.41) is 0. The third-order valence-electron chi connectivity index (χ3n) is 1.75. The van der Waals surface area contributed by atoms with Gasteiger partial charge in [0.05, 0.1) is 6.54 Å². The van der Waals surface area contributed by atoms with Crippen molar-refractivity contribution in [2.75, 3.05) is 7.05 Å². The van der Waals surface area contributed by atoms with Gasteiger partial charge in [0, 0.05) is 7.05 Å². The number of carbonyl (C=O) groups is 2. The van der Waals surface area contributed by atoms with Gasteiger partial charge in [0.15, 0.2) is 0 Å². The van der Waals surface area contributed by atoms with Crippen molar-refractivity contribution in [3.05, 3.63) is 23.7 Å². The Morgan fingerprint density at radius 2 is 2.14 bits per heavy atom. The predicted octanol–water partition coefficient (Wildman–Crippen LogP) is 0.0317. The zero-order valence-electron chi connectivity index (χ0n) is 8.11. The average Bonchev–Trinajstić information content (AvgIpc) is 2.49. The fraction of sp³-hybridized carbons (Fsp3) is 0.333. The summed E-state index contributed by atoms with van der Waals surface area (Å²) >= 11 is 0.